The summed E-state index contributed by atoms with van der Waals surface area (Å²) in [6, 6.07) is 3.09. The molecule has 2 aromatic rings. The van der Waals surface area contributed by atoms with Crippen LogP contribution in [0.1, 0.15) is 5.69 Å². The molecule has 0 unspecified atom stereocenters. The lowest BCUT2D eigenvalue weighted by Gasteiger charge is -1.99. The summed E-state index contributed by atoms with van der Waals surface area (Å²) >= 11 is 3.11. The van der Waals surface area contributed by atoms with Gasteiger partial charge in [-0.05, 0) is 0 Å². The fourth-order valence-corrected chi connectivity index (χ4v) is 3.16. The summed E-state index contributed by atoms with van der Waals surface area (Å²) in [4.78, 5) is 21.1. The van der Waals surface area contributed by atoms with Gasteiger partial charge >= 0.3 is 5.69 Å². The van der Waals surface area contributed by atoms with Crippen molar-refractivity contribution >= 4 is 45.7 Å². The molecule has 0 aromatic carbocycles. The van der Waals surface area contributed by atoms with Crippen LogP contribution in [0.4, 0.5) is 16.6 Å². The highest BCUT2D eigenvalue weighted by atomic mass is 35.5. The van der Waals surface area contributed by atoms with Gasteiger partial charge in [0.25, 0.3) is 5.82 Å². The molecule has 0 aliphatic heterocycles. The standard InChI is InChI=1S/C12H15N7O2S2.ClH/c13-11(14)18-12-17-8(7-23-12)6-22-4-3-15-10-2-1-9(5-16-10)19(20)21;/h1-2,5,7H,3-4,6H2,(H,15,16)(H4,13,14,17,18);1H. The van der Waals surface area contributed by atoms with E-state index in [1.54, 1.807) is 17.8 Å². The largest absolute Gasteiger partial charge is 1.00 e. The van der Waals surface area contributed by atoms with E-state index in [2.05, 4.69) is 20.3 Å². The molecule has 0 aliphatic rings. The van der Waals surface area contributed by atoms with Crippen molar-refractivity contribution < 1.29 is 22.3 Å². The van der Waals surface area contributed by atoms with E-state index >= 15 is 0 Å². The number of thiazole rings is 1. The van der Waals surface area contributed by atoms with Crippen LogP contribution in [0.2, 0.25) is 0 Å². The van der Waals surface area contributed by atoms with Crippen LogP contribution < -0.4 is 34.2 Å². The number of nitrogens with zero attached hydrogens (tertiary/aromatic N) is 3. The minimum absolute atomic E-state index is 0. The zero-order valence-electron chi connectivity index (χ0n) is 12.4. The van der Waals surface area contributed by atoms with Crippen LogP contribution in [0.15, 0.2) is 28.7 Å². The molecule has 130 valence electrons. The average molecular weight is 390 g/mol. The number of hydrogen-bond donors (Lipinski definition) is 3. The summed E-state index contributed by atoms with van der Waals surface area (Å²) in [6.45, 7) is 0.726. The number of nitrogens with one attached hydrogen (secondary N) is 2. The van der Waals surface area contributed by atoms with E-state index in [-0.39, 0.29) is 24.1 Å². The third kappa shape index (κ3) is 6.56. The van der Waals surface area contributed by atoms with Crippen LogP contribution in [-0.2, 0) is 5.75 Å². The number of guanidine groups is 1. The number of hydrogen-bond acceptors (Lipinski definition) is 7. The van der Waals surface area contributed by atoms with Crippen molar-refractivity contribution in [3.63, 3.8) is 0 Å². The zero-order chi connectivity index (χ0) is 16.7. The van der Waals surface area contributed by atoms with E-state index in [0.29, 0.717) is 5.13 Å². The SMILES string of the molecule is NC(N)=Nc1nc(CSCCNc2ccc([N+](=O)[O-])c[nH+]2)cs1.[Cl-]. The number of pyridine rings is 1. The topological polar surface area (TPSA) is 147 Å². The highest BCUT2D eigenvalue weighted by Gasteiger charge is 2.08. The molecule has 2 aromatic heterocycles. The number of aliphatic imine (C=N–C) groups is 1. The monoisotopic (exact) mass is 389 g/mol. The van der Waals surface area contributed by atoms with Crippen molar-refractivity contribution in [2.45, 2.75) is 5.75 Å². The minimum Gasteiger partial charge on any atom is -1.00 e. The molecule has 0 amide bonds. The fourth-order valence-electron chi connectivity index (χ4n) is 1.60. The molecule has 0 atom stereocenters. The van der Waals surface area contributed by atoms with Crippen molar-refractivity contribution in [2.24, 2.45) is 16.5 Å². The van der Waals surface area contributed by atoms with Crippen LogP contribution in [0.25, 0.3) is 0 Å². The number of thioether (sulfide) groups is 1. The molecule has 0 fully saturated rings. The number of anilines is 1. The van der Waals surface area contributed by atoms with Crippen molar-refractivity contribution in [1.29, 1.82) is 0 Å². The predicted molar refractivity (Wildman–Crippen MR) is 91.9 cm³/mol. The third-order valence-corrected chi connectivity index (χ3v) is 4.36. The molecule has 0 saturated carbocycles. The van der Waals surface area contributed by atoms with E-state index in [1.165, 1.54) is 23.6 Å². The maximum atomic E-state index is 10.5. The lowest BCUT2D eigenvalue weighted by atomic mass is 10.4. The van der Waals surface area contributed by atoms with Gasteiger partial charge in [-0.25, -0.2) is 9.97 Å². The maximum absolute atomic E-state index is 10.5. The average Bonchev–Trinajstić information content (AvgIpc) is 2.94. The highest BCUT2D eigenvalue weighted by Crippen LogP contribution is 2.21. The Kier molecular flexibility index (Phi) is 8.22. The van der Waals surface area contributed by atoms with Crippen LogP contribution in [0.5, 0.6) is 0 Å². The smallest absolute Gasteiger partial charge is 0.308 e. The molecule has 0 aliphatic carbocycles. The number of nitrogens with two attached hydrogens (primary N) is 2. The zero-order valence-corrected chi connectivity index (χ0v) is 14.8. The first-order valence-electron chi connectivity index (χ1n) is 6.56. The van der Waals surface area contributed by atoms with Gasteiger partial charge in [-0.2, -0.15) is 16.8 Å². The highest BCUT2D eigenvalue weighted by molar-refractivity contribution is 7.98. The number of nitro groups is 1. The van der Waals surface area contributed by atoms with E-state index in [9.17, 15) is 10.1 Å². The number of rotatable bonds is 8. The summed E-state index contributed by atoms with van der Waals surface area (Å²) in [5.74, 6) is 2.37. The Morgan fingerprint density at radius 3 is 2.92 bits per heavy atom. The van der Waals surface area contributed by atoms with E-state index < -0.39 is 4.92 Å². The normalized spacial score (nSPS) is 9.83. The van der Waals surface area contributed by atoms with Crippen molar-refractivity contribution in [2.75, 3.05) is 17.6 Å². The Labute approximate surface area is 152 Å². The van der Waals surface area contributed by atoms with Gasteiger partial charge in [-0.3, -0.25) is 15.4 Å². The van der Waals surface area contributed by atoms with Gasteiger partial charge in [0, 0.05) is 29.0 Å². The number of aromatic amines is 1. The van der Waals surface area contributed by atoms with E-state index in [0.717, 1.165) is 29.6 Å². The molecule has 0 bridgehead atoms. The van der Waals surface area contributed by atoms with Crippen LogP contribution in [0.3, 0.4) is 0 Å². The van der Waals surface area contributed by atoms with E-state index in [1.807, 2.05) is 5.38 Å². The second-order valence-electron chi connectivity index (χ2n) is 4.36. The lowest BCUT2D eigenvalue weighted by Crippen LogP contribution is -3.00. The number of H-pyrrole nitrogens is 1. The molecule has 0 saturated heterocycles. The van der Waals surface area contributed by atoms with Crippen LogP contribution in [-0.4, -0.2) is 28.2 Å². The Hall–Kier alpha value is -2.11. The van der Waals surface area contributed by atoms with Gasteiger partial charge in [0.1, 0.15) is 0 Å². The molecule has 12 heteroatoms. The van der Waals surface area contributed by atoms with Gasteiger partial charge in [0.15, 0.2) is 12.2 Å². The Balaban J connectivity index is 0.00000288. The van der Waals surface area contributed by atoms with Crippen molar-refractivity contribution in [3.8, 4) is 0 Å². The fraction of sp³-hybridized carbons (Fsp3) is 0.250. The molecule has 9 nitrogen and oxygen atoms in total. The van der Waals surface area contributed by atoms with Gasteiger partial charge in [-0.15, -0.1) is 11.3 Å². The van der Waals surface area contributed by atoms with Crippen LogP contribution >= 0.6 is 23.1 Å². The minimum atomic E-state index is -0.444. The molecule has 0 spiro atoms. The van der Waals surface area contributed by atoms with Crippen molar-refractivity contribution in [1.82, 2.24) is 4.98 Å². The molecule has 2 heterocycles. The Morgan fingerprint density at radius 2 is 2.29 bits per heavy atom. The number of halogens is 1. The quantitative estimate of drug-likeness (QED) is 0.157. The molecule has 6 N–H and O–H groups in total. The van der Waals surface area contributed by atoms with Gasteiger partial charge in [0.2, 0.25) is 5.13 Å². The number of aromatic nitrogens is 2. The van der Waals surface area contributed by atoms with Gasteiger partial charge in [0.05, 0.1) is 17.2 Å². The summed E-state index contributed by atoms with van der Waals surface area (Å²) < 4.78 is 0. The second kappa shape index (κ2) is 9.90. The van der Waals surface area contributed by atoms with Crippen LogP contribution in [0, 0.1) is 10.1 Å². The summed E-state index contributed by atoms with van der Waals surface area (Å²) in [5.41, 5.74) is 11.6. The molecule has 2 rings (SSSR count). The molecule has 24 heavy (non-hydrogen) atoms. The molecular weight excluding hydrogens is 374 g/mol. The maximum Gasteiger partial charge on any atom is 0.308 e. The lowest BCUT2D eigenvalue weighted by molar-refractivity contribution is -0.413. The third-order valence-electron chi connectivity index (χ3n) is 2.58. The first-order valence-corrected chi connectivity index (χ1v) is 8.60. The second-order valence-corrected chi connectivity index (χ2v) is 6.30. The van der Waals surface area contributed by atoms with E-state index in [4.69, 9.17) is 11.5 Å². The first-order chi connectivity index (χ1) is 11.0. The van der Waals surface area contributed by atoms with Gasteiger partial charge < -0.3 is 23.9 Å². The molecule has 0 radical (unpaired) electrons. The summed E-state index contributed by atoms with van der Waals surface area (Å²) in [6.07, 6.45) is 1.36. The Morgan fingerprint density at radius 1 is 1.50 bits per heavy atom. The first kappa shape index (κ1) is 19.9. The Bertz CT molecular complexity index is 689. The summed E-state index contributed by atoms with van der Waals surface area (Å²) in [7, 11) is 0. The van der Waals surface area contributed by atoms with Gasteiger partial charge in [-0.1, -0.05) is 0 Å². The predicted octanol–water partition coefficient (Wildman–Crippen LogP) is -1.88. The molecular formula is C12H16ClN7O2S2. The summed E-state index contributed by atoms with van der Waals surface area (Å²) in [5, 5.41) is 16.2. The van der Waals surface area contributed by atoms with Crippen molar-refractivity contribution in [3.05, 3.63) is 39.5 Å².